The van der Waals surface area contributed by atoms with Crippen molar-refractivity contribution >= 4 is 65.6 Å². The summed E-state index contributed by atoms with van der Waals surface area (Å²) in [4.78, 5) is 42.9. The summed E-state index contributed by atoms with van der Waals surface area (Å²) in [6, 6.07) is 9.87. The van der Waals surface area contributed by atoms with Gasteiger partial charge in [0.15, 0.2) is 0 Å². The molecule has 2 aromatic carbocycles. The van der Waals surface area contributed by atoms with Gasteiger partial charge in [0.1, 0.15) is 46.2 Å². The normalized spacial score (nSPS) is 14.8. The summed E-state index contributed by atoms with van der Waals surface area (Å²) >= 11 is 6.54. The summed E-state index contributed by atoms with van der Waals surface area (Å²) in [6.45, 7) is 9.41. The van der Waals surface area contributed by atoms with Crippen LogP contribution in [-0.2, 0) is 23.6 Å². The molecule has 2 atom stereocenters. The molecule has 0 amide bonds. The largest absolute Gasteiger partial charge is 0.380 e. The van der Waals surface area contributed by atoms with Crippen molar-refractivity contribution in [2.75, 3.05) is 37.1 Å². The molecule has 6 heterocycles. The predicted octanol–water partition coefficient (Wildman–Crippen LogP) is 10.1. The molecule has 12 nitrogen and oxygen atoms in total. The number of halogens is 8. The molecule has 0 saturated carbocycles. The van der Waals surface area contributed by atoms with Gasteiger partial charge in [0.25, 0.3) is 24.0 Å². The van der Waals surface area contributed by atoms with E-state index in [0.717, 1.165) is 25.3 Å². The lowest BCUT2D eigenvalue weighted by atomic mass is 9.98. The van der Waals surface area contributed by atoms with Crippen molar-refractivity contribution in [3.63, 3.8) is 0 Å². The minimum absolute atomic E-state index is 0. The monoisotopic (exact) mass is 1010 g/mol. The second kappa shape index (κ2) is 20.7. The molecule has 2 fully saturated rings. The average Bonchev–Trinajstić information content (AvgIpc) is 3.18. The summed E-state index contributed by atoms with van der Waals surface area (Å²) in [5, 5.41) is 7.31. The van der Waals surface area contributed by atoms with Gasteiger partial charge in [0.2, 0.25) is 0 Å². The summed E-state index contributed by atoms with van der Waals surface area (Å²) in [6.07, 6.45) is -5.80. The van der Waals surface area contributed by atoms with Crippen molar-refractivity contribution in [2.45, 2.75) is 70.8 Å². The van der Waals surface area contributed by atoms with Crippen LogP contribution in [0.3, 0.4) is 0 Å². The first-order valence-corrected chi connectivity index (χ1v) is 21.0. The second-order valence-corrected chi connectivity index (χ2v) is 16.9. The van der Waals surface area contributed by atoms with Crippen molar-refractivity contribution in [3.8, 4) is 0 Å². The Morgan fingerprint density at radius 3 is 1.46 bits per heavy atom. The molecule has 8 rings (SSSR count). The number of pyridine rings is 2. The molecule has 2 aliphatic rings. The van der Waals surface area contributed by atoms with E-state index < -0.39 is 47.7 Å². The van der Waals surface area contributed by atoms with Crippen molar-refractivity contribution < 1.29 is 35.8 Å². The molecule has 2 N–H and O–H groups in total. The number of aromatic nitrogens is 6. The first-order valence-electron chi connectivity index (χ1n) is 19.2. The highest BCUT2D eigenvalue weighted by Crippen LogP contribution is 2.33. The quantitative estimate of drug-likeness (QED) is 0.106. The molecule has 0 radical (unpaired) electrons. The van der Waals surface area contributed by atoms with Gasteiger partial charge in [-0.2, -0.15) is 0 Å². The van der Waals surface area contributed by atoms with Crippen LogP contribution in [0.5, 0.6) is 0 Å². The first-order chi connectivity index (χ1) is 29.4. The second-order valence-electron chi connectivity index (χ2n) is 14.7. The van der Waals surface area contributed by atoms with E-state index in [1.807, 2.05) is 0 Å². The van der Waals surface area contributed by atoms with Gasteiger partial charge < -0.3 is 20.1 Å². The number of aryl methyl sites for hydroxylation is 4. The Kier molecular flexibility index (Phi) is 16.1. The third kappa shape index (κ3) is 10.7. The van der Waals surface area contributed by atoms with E-state index in [1.54, 1.807) is 53.9 Å². The van der Waals surface area contributed by atoms with Crippen molar-refractivity contribution in [1.82, 2.24) is 29.1 Å². The first kappa shape index (κ1) is 49.1. The van der Waals surface area contributed by atoms with Gasteiger partial charge in [0, 0.05) is 36.7 Å². The number of hydrogen-bond acceptors (Lipinski definition) is 10. The predicted molar refractivity (Wildman–Crippen MR) is 237 cm³/mol. The van der Waals surface area contributed by atoms with Crippen molar-refractivity contribution in [1.29, 1.82) is 0 Å². The highest BCUT2D eigenvalue weighted by molar-refractivity contribution is 9.10. The highest BCUT2D eigenvalue weighted by atomic mass is 79.9. The van der Waals surface area contributed by atoms with Crippen LogP contribution < -0.4 is 21.8 Å². The van der Waals surface area contributed by atoms with Gasteiger partial charge in [-0.1, -0.05) is 59.8 Å². The number of alkyl halides is 5. The van der Waals surface area contributed by atoms with Gasteiger partial charge in [0.05, 0.1) is 69.7 Å². The van der Waals surface area contributed by atoms with E-state index in [9.17, 15) is 35.9 Å². The number of nitrogens with zero attached hydrogens (tertiary/aromatic N) is 6. The van der Waals surface area contributed by atoms with E-state index in [-0.39, 0.29) is 35.6 Å². The molecular formula is C43H46Br2F6N8O4. The van der Waals surface area contributed by atoms with Gasteiger partial charge in [-0.3, -0.25) is 18.7 Å². The number of nitrogens with one attached hydrogen (secondary N) is 2. The fourth-order valence-corrected chi connectivity index (χ4v) is 7.57. The highest BCUT2D eigenvalue weighted by Gasteiger charge is 2.27. The Morgan fingerprint density at radius 1 is 0.683 bits per heavy atom. The van der Waals surface area contributed by atoms with Crippen LogP contribution in [0.2, 0.25) is 0 Å². The molecule has 20 heteroatoms. The van der Waals surface area contributed by atoms with Crippen LogP contribution in [0.15, 0.2) is 62.6 Å². The van der Waals surface area contributed by atoms with Crippen LogP contribution in [0.4, 0.5) is 38.0 Å². The van der Waals surface area contributed by atoms with E-state index >= 15 is 0 Å². The van der Waals surface area contributed by atoms with Gasteiger partial charge >= 0.3 is 0 Å². The molecule has 2 aliphatic heterocycles. The Hall–Kier alpha value is -4.92. The number of rotatable bonds is 9. The SMILES string of the molecule is BrC1COC1.C.Cc1nc(N[C@H](C)c2cccc(C(F)F)c2F)c2cc(Br)c(=O)n(C)c2n1.Cc1nc(N[C@H](C)c2cccc(C(F)F)c2F)c2cc(C3COC3)c(=O)n(C)c2n1. The van der Waals surface area contributed by atoms with E-state index in [2.05, 4.69) is 62.4 Å². The topological polar surface area (TPSA) is 138 Å². The number of benzene rings is 2. The lowest BCUT2D eigenvalue weighted by Gasteiger charge is -2.26. The van der Waals surface area contributed by atoms with Crippen LogP contribution in [0, 0.1) is 25.5 Å². The Morgan fingerprint density at radius 2 is 1.08 bits per heavy atom. The standard InChI is InChI=1S/C21H21F3N4O2.C18H16BrF3N4O.C3H5BrO.CH4/c1-10(13-5-4-6-14(17(13)22)18(23)24)25-19-16-7-15(12-8-30-9-12)21(29)28(3)20(16)27-11(2)26-19;1-8(10-5-4-6-11(14(10)20)15(21)22)23-16-12-7-13(19)18(27)26(3)17(12)25-9(2)24-16;4-3-1-5-2-3;/h4-7,10,12,18H,8-9H2,1-3H3,(H,25,26,27);4-8,15H,1-3H3,(H,23,24,25);3H,1-2H2;1H4/t10-;8-;;/m11../s1. The molecule has 63 heavy (non-hydrogen) atoms. The number of ether oxygens (including phenoxy) is 2. The fourth-order valence-electron chi connectivity index (χ4n) is 6.71. The number of anilines is 2. The van der Waals surface area contributed by atoms with Crippen molar-refractivity contribution in [3.05, 3.63) is 125 Å². The summed E-state index contributed by atoms with van der Waals surface area (Å²) in [5.74, 6) is -0.268. The van der Waals surface area contributed by atoms with Gasteiger partial charge in [-0.15, -0.1) is 0 Å². The zero-order valence-electron chi connectivity index (χ0n) is 34.3. The zero-order valence-corrected chi connectivity index (χ0v) is 37.4. The Balaban J connectivity index is 0.000000211. The summed E-state index contributed by atoms with van der Waals surface area (Å²) in [7, 11) is 3.22. The Bertz CT molecular complexity index is 2730. The fraction of sp³-hybridized carbons (Fsp3) is 0.395. The van der Waals surface area contributed by atoms with Crippen LogP contribution in [0.1, 0.15) is 91.6 Å². The van der Waals surface area contributed by atoms with E-state index in [1.165, 1.54) is 33.4 Å². The molecule has 0 aliphatic carbocycles. The van der Waals surface area contributed by atoms with E-state index in [0.29, 0.717) is 73.4 Å². The molecular weight excluding hydrogens is 966 g/mol. The van der Waals surface area contributed by atoms with Gasteiger partial charge in [-0.25, -0.2) is 46.3 Å². The maximum atomic E-state index is 14.6. The molecule has 0 unspecified atom stereocenters. The minimum atomic E-state index is -2.90. The maximum Gasteiger partial charge on any atom is 0.266 e. The minimum Gasteiger partial charge on any atom is -0.380 e. The summed E-state index contributed by atoms with van der Waals surface area (Å²) in [5.41, 5.74) is -0.0327. The molecule has 6 aromatic rings. The third-order valence-corrected chi connectivity index (χ3v) is 11.3. The molecule has 0 spiro atoms. The maximum absolute atomic E-state index is 14.6. The number of fused-ring (bicyclic) bond motifs is 2. The molecule has 2 saturated heterocycles. The third-order valence-electron chi connectivity index (χ3n) is 10.2. The zero-order chi connectivity index (χ0) is 45.2. The molecule has 0 bridgehead atoms. The summed E-state index contributed by atoms with van der Waals surface area (Å²) < 4.78 is 94.3. The lowest BCUT2D eigenvalue weighted by Crippen LogP contribution is -2.33. The number of hydrogen-bond donors (Lipinski definition) is 2. The molecule has 4 aromatic heterocycles. The smallest absolute Gasteiger partial charge is 0.266 e. The average molecular weight is 1010 g/mol. The Labute approximate surface area is 375 Å². The lowest BCUT2D eigenvalue weighted by molar-refractivity contribution is 0.00780. The van der Waals surface area contributed by atoms with Crippen molar-refractivity contribution in [2.24, 2.45) is 14.1 Å². The van der Waals surface area contributed by atoms with Crippen LogP contribution in [-0.4, -0.2) is 60.3 Å². The van der Waals surface area contributed by atoms with Gasteiger partial charge in [-0.05, 0) is 55.8 Å². The van der Waals surface area contributed by atoms with Crippen LogP contribution in [0.25, 0.3) is 22.1 Å². The molecule has 338 valence electrons. The van der Waals surface area contributed by atoms with Crippen LogP contribution >= 0.6 is 31.9 Å². The van der Waals surface area contributed by atoms with E-state index in [4.69, 9.17) is 9.47 Å².